The van der Waals surface area contributed by atoms with Crippen LogP contribution in [0.3, 0.4) is 0 Å². The lowest BCUT2D eigenvalue weighted by Crippen LogP contribution is -2.37. The van der Waals surface area contributed by atoms with E-state index in [-0.39, 0.29) is 6.10 Å². The molecule has 1 heterocycles. The first-order valence-corrected chi connectivity index (χ1v) is 7.69. The zero-order valence-corrected chi connectivity index (χ0v) is 12.0. The number of β-amino-alcohol motifs (C(OH)–C–C–N with tert-alkyl or cyclic N) is 1. The molecule has 0 aromatic carbocycles. The van der Waals surface area contributed by atoms with E-state index in [0.29, 0.717) is 25.4 Å². The van der Waals surface area contributed by atoms with Crippen LogP contribution in [0.2, 0.25) is 0 Å². The van der Waals surface area contributed by atoms with E-state index < -0.39 is 11.4 Å². The third-order valence-corrected chi connectivity index (χ3v) is 5.11. The summed E-state index contributed by atoms with van der Waals surface area (Å²) in [6, 6.07) is 0. The van der Waals surface area contributed by atoms with E-state index in [1.807, 2.05) is 6.92 Å². The van der Waals surface area contributed by atoms with Crippen LogP contribution < -0.4 is 0 Å². The van der Waals surface area contributed by atoms with Crippen LogP contribution in [0.25, 0.3) is 0 Å². The van der Waals surface area contributed by atoms with Crippen LogP contribution in [-0.4, -0.2) is 46.8 Å². The van der Waals surface area contributed by atoms with Crippen molar-refractivity contribution in [3.8, 4) is 0 Å². The molecule has 0 radical (unpaired) electrons. The number of aliphatic hydroxyl groups excluding tert-OH is 1. The molecule has 19 heavy (non-hydrogen) atoms. The number of rotatable bonds is 6. The summed E-state index contributed by atoms with van der Waals surface area (Å²) in [7, 11) is 0. The minimum atomic E-state index is -0.678. The average molecular weight is 269 g/mol. The van der Waals surface area contributed by atoms with Crippen LogP contribution in [-0.2, 0) is 4.79 Å². The van der Waals surface area contributed by atoms with Crippen molar-refractivity contribution in [2.75, 3.05) is 19.6 Å². The molecule has 2 unspecified atom stereocenters. The molecular formula is C15H27NO3. The van der Waals surface area contributed by atoms with Gasteiger partial charge in [-0.25, -0.2) is 0 Å². The number of carboxylic acid groups (broad SMARTS) is 1. The predicted molar refractivity (Wildman–Crippen MR) is 74.0 cm³/mol. The summed E-state index contributed by atoms with van der Waals surface area (Å²) >= 11 is 0. The predicted octanol–water partition coefficient (Wildman–Crippen LogP) is 2.11. The van der Waals surface area contributed by atoms with Gasteiger partial charge >= 0.3 is 5.97 Å². The van der Waals surface area contributed by atoms with Crippen LogP contribution >= 0.6 is 0 Å². The minimum Gasteiger partial charge on any atom is -0.481 e. The monoisotopic (exact) mass is 269 g/mol. The van der Waals surface area contributed by atoms with Crippen LogP contribution in [0.5, 0.6) is 0 Å². The van der Waals surface area contributed by atoms with Crippen LogP contribution in [0.4, 0.5) is 0 Å². The first-order valence-electron chi connectivity index (χ1n) is 7.69. The highest BCUT2D eigenvalue weighted by molar-refractivity contribution is 5.75. The first-order chi connectivity index (χ1) is 9.05. The molecule has 2 fully saturated rings. The summed E-state index contributed by atoms with van der Waals surface area (Å²) in [5, 5.41) is 19.5. The van der Waals surface area contributed by atoms with Crippen molar-refractivity contribution in [1.29, 1.82) is 0 Å². The summed E-state index contributed by atoms with van der Waals surface area (Å²) in [5.41, 5.74) is -0.576. The number of aliphatic hydroxyl groups is 1. The van der Waals surface area contributed by atoms with E-state index >= 15 is 0 Å². The van der Waals surface area contributed by atoms with Crippen molar-refractivity contribution in [2.24, 2.45) is 11.3 Å². The van der Waals surface area contributed by atoms with Crippen LogP contribution in [0.1, 0.15) is 51.9 Å². The molecule has 2 aliphatic rings. The highest BCUT2D eigenvalue weighted by Gasteiger charge is 2.43. The Hall–Kier alpha value is -0.610. The zero-order valence-electron chi connectivity index (χ0n) is 12.0. The molecule has 0 spiro atoms. The Morgan fingerprint density at radius 3 is 2.63 bits per heavy atom. The molecule has 0 bridgehead atoms. The molecule has 110 valence electrons. The molecule has 1 aliphatic carbocycles. The summed E-state index contributed by atoms with van der Waals surface area (Å²) in [5.74, 6) is 0.00999. The summed E-state index contributed by atoms with van der Waals surface area (Å²) in [6.45, 7) is 4.00. The number of hydrogen-bond acceptors (Lipinski definition) is 3. The Bertz CT molecular complexity index is 315. The quantitative estimate of drug-likeness (QED) is 0.775. The van der Waals surface area contributed by atoms with Crippen LogP contribution in [0.15, 0.2) is 0 Å². The molecule has 0 aromatic rings. The molecule has 2 atom stereocenters. The Labute approximate surface area is 115 Å². The van der Waals surface area contributed by atoms with E-state index in [1.165, 1.54) is 25.7 Å². The molecule has 1 saturated heterocycles. The zero-order chi connectivity index (χ0) is 13.9. The lowest BCUT2D eigenvalue weighted by Gasteiger charge is -2.25. The Kier molecular flexibility index (Phi) is 4.85. The number of nitrogens with zero attached hydrogens (tertiary/aromatic N) is 1. The molecule has 2 rings (SSSR count). The third kappa shape index (κ3) is 3.48. The second-order valence-corrected chi connectivity index (χ2v) is 6.46. The van der Waals surface area contributed by atoms with Gasteiger partial charge in [0.1, 0.15) is 0 Å². The maximum Gasteiger partial charge on any atom is 0.310 e. The lowest BCUT2D eigenvalue weighted by molar-refractivity contribution is -0.148. The Morgan fingerprint density at radius 1 is 1.42 bits per heavy atom. The lowest BCUT2D eigenvalue weighted by atomic mass is 9.84. The Balaban J connectivity index is 1.79. The van der Waals surface area contributed by atoms with Gasteiger partial charge in [0.15, 0.2) is 0 Å². The van der Waals surface area contributed by atoms with Crippen molar-refractivity contribution in [2.45, 2.75) is 58.0 Å². The molecule has 1 aliphatic heterocycles. The third-order valence-electron chi connectivity index (χ3n) is 5.11. The van der Waals surface area contributed by atoms with Crippen molar-refractivity contribution in [1.82, 2.24) is 4.90 Å². The highest BCUT2D eigenvalue weighted by atomic mass is 16.4. The van der Waals surface area contributed by atoms with E-state index in [0.717, 1.165) is 19.4 Å². The van der Waals surface area contributed by atoms with Gasteiger partial charge < -0.3 is 10.2 Å². The number of hydrogen-bond donors (Lipinski definition) is 2. The standard InChI is InChI=1S/C15H27NO3/c1-2-15(14(18)19)7-8-16(11-15)10-13(17)9-12-5-3-4-6-12/h12-13,17H,2-11H2,1H3,(H,18,19). The fourth-order valence-electron chi connectivity index (χ4n) is 3.73. The second kappa shape index (κ2) is 6.23. The second-order valence-electron chi connectivity index (χ2n) is 6.46. The molecular weight excluding hydrogens is 242 g/mol. The Morgan fingerprint density at radius 2 is 2.11 bits per heavy atom. The van der Waals surface area contributed by atoms with Gasteiger partial charge in [-0.2, -0.15) is 0 Å². The van der Waals surface area contributed by atoms with Crippen molar-refractivity contribution in [3.63, 3.8) is 0 Å². The smallest absolute Gasteiger partial charge is 0.310 e. The van der Waals surface area contributed by atoms with E-state index in [9.17, 15) is 15.0 Å². The largest absolute Gasteiger partial charge is 0.481 e. The van der Waals surface area contributed by atoms with E-state index in [4.69, 9.17) is 0 Å². The van der Waals surface area contributed by atoms with Gasteiger partial charge in [0.05, 0.1) is 11.5 Å². The van der Waals surface area contributed by atoms with Crippen molar-refractivity contribution in [3.05, 3.63) is 0 Å². The van der Waals surface area contributed by atoms with Gasteiger partial charge in [-0.05, 0) is 31.7 Å². The average Bonchev–Trinajstić information content (AvgIpc) is 2.99. The van der Waals surface area contributed by atoms with E-state index in [2.05, 4.69) is 4.90 Å². The fraction of sp³-hybridized carbons (Fsp3) is 0.933. The van der Waals surface area contributed by atoms with Gasteiger partial charge in [-0.3, -0.25) is 9.69 Å². The van der Waals surface area contributed by atoms with Gasteiger partial charge in [-0.1, -0.05) is 32.6 Å². The SMILES string of the molecule is CCC1(C(=O)O)CCN(CC(O)CC2CCCC2)C1. The molecule has 1 saturated carbocycles. The first kappa shape index (κ1) is 14.8. The number of likely N-dealkylation sites (tertiary alicyclic amines) is 1. The van der Waals surface area contributed by atoms with Gasteiger partial charge in [0.25, 0.3) is 0 Å². The number of aliphatic carboxylic acids is 1. The van der Waals surface area contributed by atoms with Crippen molar-refractivity contribution >= 4 is 5.97 Å². The summed E-state index contributed by atoms with van der Waals surface area (Å²) in [4.78, 5) is 13.5. The number of carboxylic acids is 1. The molecule has 2 N–H and O–H groups in total. The maximum atomic E-state index is 11.4. The maximum absolute atomic E-state index is 11.4. The van der Waals surface area contributed by atoms with Crippen molar-refractivity contribution < 1.29 is 15.0 Å². The normalized spacial score (nSPS) is 30.8. The molecule has 0 amide bonds. The fourth-order valence-corrected chi connectivity index (χ4v) is 3.73. The van der Waals surface area contributed by atoms with E-state index in [1.54, 1.807) is 0 Å². The minimum absolute atomic E-state index is 0.287. The molecule has 4 nitrogen and oxygen atoms in total. The van der Waals surface area contributed by atoms with Crippen LogP contribution in [0, 0.1) is 11.3 Å². The molecule has 0 aromatic heterocycles. The highest BCUT2D eigenvalue weighted by Crippen LogP contribution is 2.35. The number of carbonyl (C=O) groups is 1. The van der Waals surface area contributed by atoms with Gasteiger partial charge in [-0.15, -0.1) is 0 Å². The van der Waals surface area contributed by atoms with Gasteiger partial charge in [0.2, 0.25) is 0 Å². The summed E-state index contributed by atoms with van der Waals surface area (Å²) in [6.07, 6.45) is 7.12. The topological polar surface area (TPSA) is 60.8 Å². The molecule has 4 heteroatoms. The van der Waals surface area contributed by atoms with Gasteiger partial charge in [0, 0.05) is 13.1 Å². The summed E-state index contributed by atoms with van der Waals surface area (Å²) < 4.78 is 0.